The average molecular weight is 380 g/mol. The van der Waals surface area contributed by atoms with Gasteiger partial charge in [0.25, 0.3) is 0 Å². The van der Waals surface area contributed by atoms with Crippen LogP contribution >= 0.6 is 23.1 Å². The maximum Gasteiger partial charge on any atom is 0.176 e. The number of thioether (sulfide) groups is 1. The number of aromatic nitrogens is 3. The van der Waals surface area contributed by atoms with E-state index in [4.69, 9.17) is 4.74 Å². The van der Waals surface area contributed by atoms with Gasteiger partial charge < -0.3 is 14.5 Å². The van der Waals surface area contributed by atoms with E-state index in [0.29, 0.717) is 6.10 Å². The predicted molar refractivity (Wildman–Crippen MR) is 104 cm³/mol. The van der Waals surface area contributed by atoms with Crippen LogP contribution in [0.15, 0.2) is 10.7 Å². The minimum absolute atomic E-state index is 0.308. The Labute approximate surface area is 157 Å². The van der Waals surface area contributed by atoms with E-state index in [1.54, 1.807) is 29.4 Å². The first-order valence-corrected chi connectivity index (χ1v) is 11.1. The van der Waals surface area contributed by atoms with Gasteiger partial charge in [-0.25, -0.2) is 15.0 Å². The maximum absolute atomic E-state index is 6.15. The van der Waals surface area contributed by atoms with Crippen LogP contribution < -0.4 is 4.90 Å². The van der Waals surface area contributed by atoms with E-state index in [9.17, 15) is 0 Å². The Morgan fingerprint density at radius 3 is 2.96 bits per heavy atom. The molecule has 2 aliphatic rings. The lowest BCUT2D eigenvalue weighted by atomic mass is 10.1. The van der Waals surface area contributed by atoms with Crippen LogP contribution in [0.2, 0.25) is 0 Å². The molecule has 2 aromatic rings. The molecule has 4 heterocycles. The molecular formula is C17H25N5OS2. The van der Waals surface area contributed by atoms with Crippen LogP contribution in [0, 0.1) is 0 Å². The van der Waals surface area contributed by atoms with Gasteiger partial charge in [0, 0.05) is 19.6 Å². The summed E-state index contributed by atoms with van der Waals surface area (Å²) in [6.07, 6.45) is 9.13. The molecule has 0 spiro atoms. The Kier molecular flexibility index (Phi) is 5.70. The molecule has 1 atom stereocenters. The van der Waals surface area contributed by atoms with Gasteiger partial charge in [0.1, 0.15) is 11.0 Å². The summed E-state index contributed by atoms with van der Waals surface area (Å²) in [6.45, 7) is 6.30. The highest BCUT2D eigenvalue weighted by Crippen LogP contribution is 2.34. The molecule has 0 amide bonds. The fourth-order valence-corrected chi connectivity index (χ4v) is 5.15. The maximum atomic E-state index is 6.15. The van der Waals surface area contributed by atoms with Gasteiger partial charge in [-0.15, -0.1) is 11.3 Å². The largest absolute Gasteiger partial charge is 0.375 e. The summed E-state index contributed by atoms with van der Waals surface area (Å²) in [5, 5.41) is 0. The summed E-state index contributed by atoms with van der Waals surface area (Å²) in [5.74, 6) is 1.02. The zero-order valence-corrected chi connectivity index (χ0v) is 16.3. The smallest absolute Gasteiger partial charge is 0.176 e. The molecule has 1 unspecified atom stereocenters. The first kappa shape index (κ1) is 17.5. The molecule has 0 N–H and O–H groups in total. The van der Waals surface area contributed by atoms with Gasteiger partial charge in [-0.05, 0) is 38.6 Å². The van der Waals surface area contributed by atoms with Crippen molar-refractivity contribution in [3.63, 3.8) is 0 Å². The van der Waals surface area contributed by atoms with E-state index in [-0.39, 0.29) is 0 Å². The van der Waals surface area contributed by atoms with Crippen molar-refractivity contribution in [2.45, 2.75) is 36.1 Å². The van der Waals surface area contributed by atoms with Gasteiger partial charge in [0.2, 0.25) is 0 Å². The Balaban J connectivity index is 1.33. The summed E-state index contributed by atoms with van der Waals surface area (Å²) >= 11 is 3.35. The molecule has 8 heteroatoms. The topological polar surface area (TPSA) is 54.4 Å². The standard InChI is InChI=1S/C17H25N5OS2/c1-24-17-20-15-14(25-17)16(19-12-18-15)22-8-5-13(11-22)23-10-9-21-6-3-2-4-7-21/h12-13H,2-11H2,1H3. The second-order valence-electron chi connectivity index (χ2n) is 6.66. The van der Waals surface area contributed by atoms with Crippen LogP contribution in [0.3, 0.4) is 0 Å². The van der Waals surface area contributed by atoms with Gasteiger partial charge in [0.05, 0.1) is 12.7 Å². The second kappa shape index (κ2) is 8.16. The third-order valence-corrected chi connectivity index (χ3v) is 7.01. The zero-order chi connectivity index (χ0) is 17.1. The van der Waals surface area contributed by atoms with Crippen LogP contribution in [-0.2, 0) is 4.74 Å². The molecule has 0 aromatic carbocycles. The molecule has 0 saturated carbocycles. The fourth-order valence-electron chi connectivity index (χ4n) is 3.62. The van der Waals surface area contributed by atoms with Crippen LogP contribution in [0.1, 0.15) is 25.7 Å². The first-order chi connectivity index (χ1) is 12.3. The molecule has 4 rings (SSSR count). The van der Waals surface area contributed by atoms with E-state index in [2.05, 4.69) is 24.8 Å². The van der Waals surface area contributed by atoms with Crippen molar-refractivity contribution in [2.24, 2.45) is 0 Å². The number of rotatable bonds is 6. The van der Waals surface area contributed by atoms with Crippen molar-refractivity contribution in [2.75, 3.05) is 50.5 Å². The van der Waals surface area contributed by atoms with Gasteiger partial charge in [-0.2, -0.15) is 0 Å². The Morgan fingerprint density at radius 1 is 1.24 bits per heavy atom. The third kappa shape index (κ3) is 4.07. The highest BCUT2D eigenvalue weighted by atomic mass is 32.2. The van der Waals surface area contributed by atoms with Crippen LogP contribution in [0.5, 0.6) is 0 Å². The summed E-state index contributed by atoms with van der Waals surface area (Å²) in [6, 6.07) is 0. The number of hydrogen-bond donors (Lipinski definition) is 0. The van der Waals surface area contributed by atoms with Crippen LogP contribution in [-0.4, -0.2) is 71.5 Å². The van der Waals surface area contributed by atoms with Crippen LogP contribution in [0.4, 0.5) is 5.82 Å². The molecule has 0 radical (unpaired) electrons. The number of piperidine rings is 1. The third-order valence-electron chi connectivity index (χ3n) is 4.98. The van der Waals surface area contributed by atoms with Gasteiger partial charge in [0.15, 0.2) is 15.8 Å². The molecule has 25 heavy (non-hydrogen) atoms. The van der Waals surface area contributed by atoms with Crippen LogP contribution in [0.25, 0.3) is 10.3 Å². The highest BCUT2D eigenvalue weighted by molar-refractivity contribution is 8.00. The summed E-state index contributed by atoms with van der Waals surface area (Å²) in [4.78, 5) is 18.3. The number of likely N-dealkylation sites (tertiary alicyclic amines) is 1. The average Bonchev–Trinajstić information content (AvgIpc) is 3.29. The van der Waals surface area contributed by atoms with E-state index in [0.717, 1.165) is 53.2 Å². The molecule has 2 aliphatic heterocycles. The number of anilines is 1. The molecular weight excluding hydrogens is 354 g/mol. The second-order valence-corrected chi connectivity index (χ2v) is 8.72. The van der Waals surface area contributed by atoms with Gasteiger partial charge >= 0.3 is 0 Å². The van der Waals surface area contributed by atoms with Crippen molar-refractivity contribution >= 4 is 39.3 Å². The molecule has 2 fully saturated rings. The van der Waals surface area contributed by atoms with E-state index < -0.39 is 0 Å². The molecule has 0 aliphatic carbocycles. The Bertz CT molecular complexity index is 703. The van der Waals surface area contributed by atoms with Crippen molar-refractivity contribution in [3.8, 4) is 0 Å². The number of thiazole rings is 1. The minimum Gasteiger partial charge on any atom is -0.375 e. The summed E-state index contributed by atoms with van der Waals surface area (Å²) in [5.41, 5.74) is 0.814. The molecule has 6 nitrogen and oxygen atoms in total. The lowest BCUT2D eigenvalue weighted by molar-refractivity contribution is 0.0467. The quantitative estimate of drug-likeness (QED) is 0.715. The predicted octanol–water partition coefficient (Wildman–Crippen LogP) is 2.89. The van der Waals surface area contributed by atoms with E-state index >= 15 is 0 Å². The summed E-state index contributed by atoms with van der Waals surface area (Å²) < 4.78 is 8.30. The van der Waals surface area contributed by atoms with Crippen molar-refractivity contribution in [1.29, 1.82) is 0 Å². The first-order valence-electron chi connectivity index (χ1n) is 9.08. The van der Waals surface area contributed by atoms with Crippen molar-refractivity contribution in [3.05, 3.63) is 6.33 Å². The van der Waals surface area contributed by atoms with Crippen molar-refractivity contribution in [1.82, 2.24) is 19.9 Å². The molecule has 136 valence electrons. The Hall–Kier alpha value is -0.960. The monoisotopic (exact) mass is 379 g/mol. The Morgan fingerprint density at radius 2 is 2.12 bits per heavy atom. The fraction of sp³-hybridized carbons (Fsp3) is 0.706. The zero-order valence-electron chi connectivity index (χ0n) is 14.7. The molecule has 0 bridgehead atoms. The van der Waals surface area contributed by atoms with Gasteiger partial charge in [-0.3, -0.25) is 0 Å². The lowest BCUT2D eigenvalue weighted by Gasteiger charge is -2.26. The normalized spacial score (nSPS) is 22.1. The van der Waals surface area contributed by atoms with E-state index in [1.165, 1.54) is 32.4 Å². The minimum atomic E-state index is 0.308. The van der Waals surface area contributed by atoms with Crippen molar-refractivity contribution < 1.29 is 4.74 Å². The number of hydrogen-bond acceptors (Lipinski definition) is 8. The number of ether oxygens (including phenoxy) is 1. The molecule has 2 saturated heterocycles. The highest BCUT2D eigenvalue weighted by Gasteiger charge is 2.26. The summed E-state index contributed by atoms with van der Waals surface area (Å²) in [7, 11) is 0. The molecule has 2 aromatic heterocycles. The lowest BCUT2D eigenvalue weighted by Crippen LogP contribution is -2.34. The number of nitrogens with zero attached hydrogens (tertiary/aromatic N) is 5. The SMILES string of the molecule is CSc1nc2ncnc(N3CCC(OCCN4CCCCC4)C3)c2s1. The number of fused-ring (bicyclic) bond motifs is 1. The van der Waals surface area contributed by atoms with Gasteiger partial charge in [-0.1, -0.05) is 18.2 Å². The van der Waals surface area contributed by atoms with E-state index in [1.807, 2.05) is 6.26 Å².